The van der Waals surface area contributed by atoms with Crippen LogP contribution < -0.4 is 0 Å². The predicted molar refractivity (Wildman–Crippen MR) is 66.3 cm³/mol. The van der Waals surface area contributed by atoms with Crippen LogP contribution in [0.2, 0.25) is 12.1 Å². The minimum Gasteiger partial charge on any atom is -0.382 e. The van der Waals surface area contributed by atoms with Crippen molar-refractivity contribution >= 4 is 8.80 Å². The molecule has 2 heteroatoms. The van der Waals surface area contributed by atoms with Gasteiger partial charge in [-0.3, -0.25) is 0 Å². The van der Waals surface area contributed by atoms with Crippen molar-refractivity contribution < 1.29 is 4.74 Å². The molecule has 0 aromatic rings. The van der Waals surface area contributed by atoms with Crippen molar-refractivity contribution in [3.63, 3.8) is 0 Å². The Morgan fingerprint density at radius 3 is 1.86 bits per heavy atom. The predicted octanol–water partition coefficient (Wildman–Crippen LogP) is 4.05. The van der Waals surface area contributed by atoms with Crippen molar-refractivity contribution in [2.75, 3.05) is 6.61 Å². The van der Waals surface area contributed by atoms with Gasteiger partial charge >= 0.3 is 0 Å². The maximum atomic E-state index is 5.74. The highest BCUT2D eigenvalue weighted by Crippen LogP contribution is 2.15. The first-order valence-electron chi connectivity index (χ1n) is 6.22. The molecule has 0 fully saturated rings. The number of ether oxygens (including phenoxy) is 1. The number of hydrogen-bond acceptors (Lipinski definition) is 1. The van der Waals surface area contributed by atoms with Crippen LogP contribution in [0.25, 0.3) is 0 Å². The molecule has 0 aromatic heterocycles. The van der Waals surface area contributed by atoms with E-state index in [0.29, 0.717) is 5.73 Å². The summed E-state index contributed by atoms with van der Waals surface area (Å²) in [6.45, 7) is 9.83. The Morgan fingerprint density at radius 1 is 1.00 bits per heavy atom. The molecule has 1 nitrogen and oxygen atoms in total. The van der Waals surface area contributed by atoms with Gasteiger partial charge in [0.1, 0.15) is 0 Å². The molecular formula is C12H27OSi. The van der Waals surface area contributed by atoms with E-state index in [1.807, 2.05) is 0 Å². The molecule has 0 aliphatic carbocycles. The van der Waals surface area contributed by atoms with E-state index in [-0.39, 0.29) is 8.80 Å². The second kappa shape index (κ2) is 9.72. The minimum atomic E-state index is -0.232. The van der Waals surface area contributed by atoms with Crippen LogP contribution in [0.1, 0.15) is 53.4 Å². The van der Waals surface area contributed by atoms with Gasteiger partial charge < -0.3 is 4.74 Å². The molecule has 14 heavy (non-hydrogen) atoms. The molecule has 0 heterocycles. The monoisotopic (exact) mass is 215 g/mol. The molecule has 0 aliphatic rings. The maximum absolute atomic E-state index is 5.74. The van der Waals surface area contributed by atoms with Crippen molar-refractivity contribution in [1.29, 1.82) is 0 Å². The first-order chi connectivity index (χ1) is 6.76. The lowest BCUT2D eigenvalue weighted by Gasteiger charge is -2.21. The van der Waals surface area contributed by atoms with Crippen molar-refractivity contribution in [3.05, 3.63) is 0 Å². The second-order valence-electron chi connectivity index (χ2n) is 3.96. The highest BCUT2D eigenvalue weighted by atomic mass is 28.3. The Hall–Kier alpha value is 0.177. The van der Waals surface area contributed by atoms with Crippen molar-refractivity contribution in [1.82, 2.24) is 0 Å². The summed E-state index contributed by atoms with van der Waals surface area (Å²) in [5, 5.41) is 0. The van der Waals surface area contributed by atoms with Crippen LogP contribution in [-0.2, 0) is 4.74 Å². The first-order valence-corrected chi connectivity index (χ1v) is 8.21. The summed E-state index contributed by atoms with van der Waals surface area (Å²) in [4.78, 5) is 0. The standard InChI is InChI=1S/C12H27OSi/c1-5-8-10-14(11-9-6-2)12(4)13-7-3/h12H,5-11H2,1-4H3. The van der Waals surface area contributed by atoms with Gasteiger partial charge in [-0.2, -0.15) is 0 Å². The van der Waals surface area contributed by atoms with Gasteiger partial charge in [-0.25, -0.2) is 0 Å². The molecule has 0 aromatic carbocycles. The van der Waals surface area contributed by atoms with Crippen LogP contribution in [0.4, 0.5) is 0 Å². The summed E-state index contributed by atoms with van der Waals surface area (Å²) in [7, 11) is -0.232. The Bertz CT molecular complexity index is 109. The number of hydrogen-bond donors (Lipinski definition) is 0. The summed E-state index contributed by atoms with van der Waals surface area (Å²) in [6.07, 6.45) is 5.46. The first kappa shape index (κ1) is 14.2. The van der Waals surface area contributed by atoms with Gasteiger partial charge in [0.05, 0.1) is 8.80 Å². The normalized spacial score (nSPS) is 13.5. The molecule has 0 amide bonds. The topological polar surface area (TPSA) is 9.23 Å². The molecule has 0 bridgehead atoms. The van der Waals surface area contributed by atoms with Crippen LogP contribution >= 0.6 is 0 Å². The lowest BCUT2D eigenvalue weighted by molar-refractivity contribution is 0.125. The lowest BCUT2D eigenvalue weighted by Crippen LogP contribution is -2.30. The van der Waals surface area contributed by atoms with Crippen molar-refractivity contribution in [2.24, 2.45) is 0 Å². The summed E-state index contributed by atoms with van der Waals surface area (Å²) in [5.41, 5.74) is 0.558. The van der Waals surface area contributed by atoms with Crippen molar-refractivity contribution in [2.45, 2.75) is 71.2 Å². The molecular weight excluding hydrogens is 188 g/mol. The van der Waals surface area contributed by atoms with Gasteiger partial charge in [-0.15, -0.1) is 0 Å². The van der Waals surface area contributed by atoms with Gasteiger partial charge in [-0.1, -0.05) is 51.6 Å². The van der Waals surface area contributed by atoms with Crippen LogP contribution in [0.15, 0.2) is 0 Å². The molecule has 0 N–H and O–H groups in total. The SMILES string of the molecule is CCCC[Si](CCCC)C(C)OCC. The lowest BCUT2D eigenvalue weighted by atomic mass is 10.4. The quantitative estimate of drug-likeness (QED) is 0.527. The van der Waals surface area contributed by atoms with Crippen LogP contribution in [0, 0.1) is 0 Å². The van der Waals surface area contributed by atoms with E-state index in [0.717, 1.165) is 6.61 Å². The van der Waals surface area contributed by atoms with Crippen LogP contribution in [-0.4, -0.2) is 21.1 Å². The molecule has 0 saturated heterocycles. The largest absolute Gasteiger partial charge is 0.382 e. The number of rotatable bonds is 9. The third-order valence-corrected chi connectivity index (χ3v) is 6.00. The smallest absolute Gasteiger partial charge is 0.0844 e. The van der Waals surface area contributed by atoms with E-state index in [1.165, 1.54) is 37.8 Å². The van der Waals surface area contributed by atoms with E-state index in [1.54, 1.807) is 0 Å². The van der Waals surface area contributed by atoms with Gasteiger partial charge in [0, 0.05) is 12.3 Å². The summed E-state index contributed by atoms with van der Waals surface area (Å²) in [6, 6.07) is 2.89. The van der Waals surface area contributed by atoms with E-state index in [2.05, 4.69) is 27.7 Å². The molecule has 0 rings (SSSR count). The van der Waals surface area contributed by atoms with Gasteiger partial charge in [0.15, 0.2) is 0 Å². The van der Waals surface area contributed by atoms with E-state index < -0.39 is 0 Å². The van der Waals surface area contributed by atoms with E-state index in [9.17, 15) is 0 Å². The molecule has 1 unspecified atom stereocenters. The summed E-state index contributed by atoms with van der Waals surface area (Å²) in [5.74, 6) is 0. The molecule has 1 radical (unpaired) electrons. The summed E-state index contributed by atoms with van der Waals surface area (Å²) >= 11 is 0. The molecule has 0 aliphatic heterocycles. The zero-order valence-electron chi connectivity index (χ0n) is 10.4. The molecule has 1 atom stereocenters. The third kappa shape index (κ3) is 6.60. The second-order valence-corrected chi connectivity index (χ2v) is 7.09. The molecule has 0 spiro atoms. The fourth-order valence-electron chi connectivity index (χ4n) is 1.71. The van der Waals surface area contributed by atoms with Crippen LogP contribution in [0.5, 0.6) is 0 Å². The Kier molecular flexibility index (Phi) is 9.84. The minimum absolute atomic E-state index is 0.232. The fraction of sp³-hybridized carbons (Fsp3) is 1.00. The van der Waals surface area contributed by atoms with Gasteiger partial charge in [-0.05, 0) is 13.8 Å². The zero-order chi connectivity index (χ0) is 10.8. The highest BCUT2D eigenvalue weighted by Gasteiger charge is 2.18. The highest BCUT2D eigenvalue weighted by molar-refractivity contribution is 6.60. The zero-order valence-corrected chi connectivity index (χ0v) is 11.4. The average Bonchev–Trinajstić information content (AvgIpc) is 2.18. The third-order valence-electron chi connectivity index (χ3n) is 2.69. The fourth-order valence-corrected chi connectivity index (χ4v) is 4.79. The Labute approximate surface area is 91.8 Å². The van der Waals surface area contributed by atoms with Gasteiger partial charge in [0.2, 0.25) is 0 Å². The maximum Gasteiger partial charge on any atom is 0.0844 e. The van der Waals surface area contributed by atoms with Crippen molar-refractivity contribution in [3.8, 4) is 0 Å². The van der Waals surface area contributed by atoms with E-state index >= 15 is 0 Å². The van der Waals surface area contributed by atoms with Gasteiger partial charge in [0.25, 0.3) is 0 Å². The Balaban J connectivity index is 3.81. The molecule has 0 saturated carbocycles. The molecule has 85 valence electrons. The number of unbranched alkanes of at least 4 members (excludes halogenated alkanes) is 2. The van der Waals surface area contributed by atoms with E-state index in [4.69, 9.17) is 4.74 Å². The van der Waals surface area contributed by atoms with Crippen LogP contribution in [0.3, 0.4) is 0 Å². The average molecular weight is 215 g/mol. The summed E-state index contributed by atoms with van der Waals surface area (Å²) < 4.78 is 5.74. The Morgan fingerprint density at radius 2 is 1.50 bits per heavy atom.